The van der Waals surface area contributed by atoms with Crippen molar-refractivity contribution in [1.82, 2.24) is 19.9 Å². The molecule has 8 bridgehead atoms. The molecule has 1 aliphatic heterocycles. The third kappa shape index (κ3) is 13.8. The van der Waals surface area contributed by atoms with Crippen molar-refractivity contribution in [2.75, 3.05) is 0 Å². The van der Waals surface area contributed by atoms with Crippen LogP contribution in [0, 0.1) is 185 Å². The largest absolute Gasteiger partial charge is 0.360 e. The van der Waals surface area contributed by atoms with Gasteiger partial charge in [0.05, 0.1) is 21.7 Å². The molecule has 4 spiro atoms. The van der Waals surface area contributed by atoms with Crippen molar-refractivity contribution in [3.8, 4) is 0 Å². The third-order valence-corrected chi connectivity index (χ3v) is 48.2. The van der Waals surface area contributed by atoms with Gasteiger partial charge in [-0.25, -0.2) is 0 Å². The van der Waals surface area contributed by atoms with Crippen molar-refractivity contribution in [2.45, 2.75) is 443 Å². The lowest BCUT2D eigenvalue weighted by molar-refractivity contribution is -0.0609. The first-order chi connectivity index (χ1) is 61.1. The van der Waals surface area contributed by atoms with Gasteiger partial charge in [0.1, 0.15) is 0 Å². The maximum atomic E-state index is 4.79. The van der Waals surface area contributed by atoms with Crippen LogP contribution in [0.2, 0.25) is 0 Å². The summed E-state index contributed by atoms with van der Waals surface area (Å²) in [6.07, 6.45) is 72.5. The normalized spacial score (nSPS) is 45.1. The molecule has 17 aliphatic rings. The summed E-state index contributed by atoms with van der Waals surface area (Å²) in [6.45, 7) is 53.1. The molecule has 0 amide bonds. The van der Waals surface area contributed by atoms with E-state index in [0.29, 0.717) is 21.7 Å². The molecule has 5 heterocycles. The van der Waals surface area contributed by atoms with Crippen molar-refractivity contribution >= 4 is 0 Å². The lowest BCUT2D eigenvalue weighted by atomic mass is 9.45. The molecule has 16 aliphatic carbocycles. The van der Waals surface area contributed by atoms with Gasteiger partial charge in [-0.05, 0) is 439 Å². The monoisotopic (exact) mass is 1730 g/mol. The SMILES string of the molecule is CC(C)CCC[C@@H](C)[C@H]1CCC2C3CCC4=CC5(CC[C@]4(C)C3CC[C@@]21C)c1ccc([nH]1)C1(C=C2CCC3C(CC[C@@]4(C)C3CC[C@@H]4[C@H](C)CCCC(C)C)[C@@]2(C)CC1)c1ccc([nH]1)C1(C=C2CCC3C(CC[C@]4(C)C3CC[C@H]4[C@@H](C)CCCC(C)C)[C@]2(C)CC1)c1ccc([nH]1)C1(C=C2CCC3C(CC[C@@]4(C)C3CC[C@@H]4[C@H](C)CCCC(C)C)[C@@]2(C)CC1)c1ccc5[nH]1. The molecule has 4 nitrogen and oxygen atoms in total. The number of rotatable bonds is 20. The van der Waals surface area contributed by atoms with Crippen LogP contribution in [0.3, 0.4) is 0 Å². The van der Waals surface area contributed by atoms with Crippen molar-refractivity contribution < 1.29 is 0 Å². The summed E-state index contributed by atoms with van der Waals surface area (Å²) in [5.74, 6) is 20.1. The molecule has 128 heavy (non-hydrogen) atoms. The van der Waals surface area contributed by atoms with E-state index in [4.69, 9.17) is 19.9 Å². The molecule has 4 heteroatoms. The highest BCUT2D eigenvalue weighted by Crippen LogP contribution is 2.76. The van der Waals surface area contributed by atoms with Gasteiger partial charge in [0.15, 0.2) is 0 Å². The number of aromatic nitrogens is 4. The number of fused-ring (bicyclic) bond motifs is 36. The molecule has 0 aromatic carbocycles. The Labute approximate surface area is 783 Å². The summed E-state index contributed by atoms with van der Waals surface area (Å²) in [5, 5.41) is 0. The van der Waals surface area contributed by atoms with E-state index in [1.807, 2.05) is 22.3 Å². The number of aromatic amines is 4. The van der Waals surface area contributed by atoms with Crippen molar-refractivity contribution in [2.24, 2.45) is 185 Å². The van der Waals surface area contributed by atoms with E-state index < -0.39 is 0 Å². The fourth-order valence-corrected chi connectivity index (χ4v) is 41.0. The van der Waals surface area contributed by atoms with Crippen LogP contribution in [-0.4, -0.2) is 19.9 Å². The fraction of sp³-hybridized carbons (Fsp3) is 0.806. The Morgan fingerprint density at radius 2 is 0.422 bits per heavy atom. The molecule has 4 N–H and O–H groups in total. The molecule has 0 radical (unpaired) electrons. The average molecular weight is 1730 g/mol. The highest BCUT2D eigenvalue weighted by Gasteiger charge is 2.68. The average Bonchev–Trinajstić information content (AvgIpc) is 1.57. The van der Waals surface area contributed by atoms with Crippen LogP contribution in [0.25, 0.3) is 0 Å². The molecule has 14 unspecified atom stereocenters. The molecule has 12 saturated carbocycles. The molecule has 0 saturated heterocycles. The van der Waals surface area contributed by atoms with Crippen LogP contribution in [0.4, 0.5) is 0 Å². The van der Waals surface area contributed by atoms with Crippen molar-refractivity contribution in [3.63, 3.8) is 0 Å². The molecule has 704 valence electrons. The van der Waals surface area contributed by atoms with E-state index >= 15 is 0 Å². The Bertz CT molecular complexity index is 4130. The van der Waals surface area contributed by atoms with Gasteiger partial charge < -0.3 is 19.9 Å². The summed E-state index contributed by atoms with van der Waals surface area (Å²) in [5.41, 5.74) is 20.4. The first-order valence-corrected chi connectivity index (χ1v) is 56.8. The van der Waals surface area contributed by atoms with Crippen LogP contribution in [0.5, 0.6) is 0 Å². The first kappa shape index (κ1) is 90.5. The molecular formula is C124H188N4. The molecule has 4 aromatic rings. The molecule has 21 rings (SSSR count). The zero-order chi connectivity index (χ0) is 89.2. The third-order valence-electron chi connectivity index (χ3n) is 48.2. The van der Waals surface area contributed by atoms with E-state index in [9.17, 15) is 0 Å². The van der Waals surface area contributed by atoms with Crippen molar-refractivity contribution in [3.05, 3.63) is 141 Å². The number of H-pyrrole nitrogens is 4. The summed E-state index contributed by atoms with van der Waals surface area (Å²) in [7, 11) is 0. The van der Waals surface area contributed by atoms with Gasteiger partial charge in [-0.15, -0.1) is 0 Å². The summed E-state index contributed by atoms with van der Waals surface area (Å²) in [4.78, 5) is 19.1. The Kier molecular flexibility index (Phi) is 23.3. The summed E-state index contributed by atoms with van der Waals surface area (Å²) >= 11 is 0. The van der Waals surface area contributed by atoms with Crippen LogP contribution < -0.4 is 0 Å². The maximum Gasteiger partial charge on any atom is 0.0686 e. The fourth-order valence-electron chi connectivity index (χ4n) is 41.0. The molecule has 4 aromatic heterocycles. The van der Waals surface area contributed by atoms with Gasteiger partial charge in [0, 0.05) is 45.6 Å². The zero-order valence-corrected chi connectivity index (χ0v) is 85.9. The van der Waals surface area contributed by atoms with Gasteiger partial charge in [0.25, 0.3) is 0 Å². The minimum absolute atomic E-state index is 0.210. The second kappa shape index (κ2) is 32.9. The predicted molar refractivity (Wildman–Crippen MR) is 538 cm³/mol. The Hall–Kier alpha value is -3.92. The zero-order valence-electron chi connectivity index (χ0n) is 85.9. The van der Waals surface area contributed by atoms with Crippen LogP contribution in [-0.2, 0) is 21.7 Å². The first-order valence-electron chi connectivity index (χ1n) is 56.8. The van der Waals surface area contributed by atoms with Gasteiger partial charge >= 0.3 is 0 Å². The lowest BCUT2D eigenvalue weighted by Gasteiger charge is -2.60. The highest BCUT2D eigenvalue weighted by molar-refractivity contribution is 5.56. The lowest BCUT2D eigenvalue weighted by Crippen LogP contribution is -2.52. The number of hydrogen-bond acceptors (Lipinski definition) is 0. The predicted octanol–water partition coefficient (Wildman–Crippen LogP) is 34.6. The number of allylic oxidation sites excluding steroid dienone is 8. The second-order valence-corrected chi connectivity index (χ2v) is 55.2. The van der Waals surface area contributed by atoms with Gasteiger partial charge in [-0.3, -0.25) is 0 Å². The van der Waals surface area contributed by atoms with E-state index in [0.717, 1.165) is 168 Å². The molecular weight excluding hydrogens is 1550 g/mol. The van der Waals surface area contributed by atoms with E-state index in [1.165, 1.54) is 302 Å². The second-order valence-electron chi connectivity index (χ2n) is 55.2. The summed E-state index contributed by atoms with van der Waals surface area (Å²) < 4.78 is 0. The number of nitrogens with one attached hydrogen (secondary N) is 4. The van der Waals surface area contributed by atoms with Gasteiger partial charge in [-0.1, -0.05) is 262 Å². The summed E-state index contributed by atoms with van der Waals surface area (Å²) in [6, 6.07) is 21.7. The quantitative estimate of drug-likeness (QED) is 0.0638. The number of hydrogen-bond donors (Lipinski definition) is 4. The molecule has 30 atom stereocenters. The minimum atomic E-state index is -0.332. The van der Waals surface area contributed by atoms with E-state index in [-0.39, 0.29) is 43.3 Å². The van der Waals surface area contributed by atoms with Crippen LogP contribution in [0.1, 0.15) is 467 Å². The standard InChI is InChI=1S/C124H188N4/c1-77(2)25-21-29-81(9)93-41-45-97-89-37-33-85-73-121(69-65-113(85,13)101(89)57-61-117(93,97)17)105-49-51-107(125-105)122(70-66-114(14)86(74-122)34-38-90-98-46-42-94(82(10)30-22-26-78(3)4)118(98,18)62-58-102(90)114)109-53-55-111(127-109)124(72-68-116(16)88(76-124)36-40-92-100-48-44-96(84(12)32-24-28-80(7)8)120(100,20)64-60-104(92)116)112-56-54-110(128-112)123(108-52-50-106(121)126-108)71-67-115(15)87(75-123)35-39-91-99-47-43-95(83(11)31-23-27-79(5)6)119(99,19)63-59-103(91)115/h49-56,73-84,89-104,125-128H,21-48,57-72H2,1-20H3/t81-,82-,83-,84+,89?,90?,91?,92?,93-,94-,95-,96+,97?,98?,99?,100?,101?,102?,103?,104?,113+,114+,115+,116-,117-,118-,119-,120+,121?,122?,123?,124?/m1/s1. The van der Waals surface area contributed by atoms with Crippen LogP contribution in [0.15, 0.2) is 95.1 Å². The van der Waals surface area contributed by atoms with E-state index in [1.54, 1.807) is 0 Å². The maximum absolute atomic E-state index is 4.79. The highest BCUT2D eigenvalue weighted by atomic mass is 14.9. The van der Waals surface area contributed by atoms with Crippen molar-refractivity contribution in [1.29, 1.82) is 0 Å². The minimum Gasteiger partial charge on any atom is -0.360 e. The Morgan fingerprint density at radius 1 is 0.227 bits per heavy atom. The van der Waals surface area contributed by atoms with Gasteiger partial charge in [0.2, 0.25) is 0 Å². The Balaban J connectivity index is 0.690. The van der Waals surface area contributed by atoms with Crippen LogP contribution >= 0.6 is 0 Å². The van der Waals surface area contributed by atoms with E-state index in [2.05, 4.69) is 211 Å². The smallest absolute Gasteiger partial charge is 0.0686 e. The Morgan fingerprint density at radius 3 is 0.609 bits per heavy atom. The van der Waals surface area contributed by atoms with Gasteiger partial charge in [-0.2, -0.15) is 0 Å². The topological polar surface area (TPSA) is 63.2 Å². The molecule has 12 fully saturated rings.